The standard InChI is InChI=1S/C17H15BrFNO/c1-12(15-7-2-3-8-16(15)18)20-17(21)10-9-13-5-4-6-14(19)11-13/h2-12H,1H3,(H,20,21)/b10-9+. The molecule has 0 heterocycles. The molecule has 0 saturated carbocycles. The second kappa shape index (κ2) is 7.18. The number of halogens is 2. The van der Waals surface area contributed by atoms with Gasteiger partial charge in [0, 0.05) is 10.5 Å². The highest BCUT2D eigenvalue weighted by molar-refractivity contribution is 9.10. The molecule has 0 aliphatic rings. The third-order valence-electron chi connectivity index (χ3n) is 3.01. The van der Waals surface area contributed by atoms with Crippen molar-refractivity contribution in [3.8, 4) is 0 Å². The summed E-state index contributed by atoms with van der Waals surface area (Å²) in [5.74, 6) is -0.540. The Morgan fingerprint density at radius 1 is 1.24 bits per heavy atom. The minimum absolute atomic E-state index is 0.120. The molecule has 1 N–H and O–H groups in total. The fourth-order valence-corrected chi connectivity index (χ4v) is 2.58. The number of rotatable bonds is 4. The van der Waals surface area contributed by atoms with Crippen molar-refractivity contribution < 1.29 is 9.18 Å². The quantitative estimate of drug-likeness (QED) is 0.811. The fourth-order valence-electron chi connectivity index (χ4n) is 1.95. The number of carbonyl (C=O) groups excluding carboxylic acids is 1. The van der Waals surface area contributed by atoms with Gasteiger partial charge in [0.05, 0.1) is 6.04 Å². The van der Waals surface area contributed by atoms with Gasteiger partial charge in [-0.15, -0.1) is 0 Å². The SMILES string of the molecule is CC(NC(=O)/C=C/c1cccc(F)c1)c1ccccc1Br. The highest BCUT2D eigenvalue weighted by atomic mass is 79.9. The normalized spacial score (nSPS) is 12.3. The van der Waals surface area contributed by atoms with Gasteiger partial charge in [-0.2, -0.15) is 0 Å². The summed E-state index contributed by atoms with van der Waals surface area (Å²) in [4.78, 5) is 11.9. The van der Waals surface area contributed by atoms with Crippen molar-refractivity contribution in [2.45, 2.75) is 13.0 Å². The Hall–Kier alpha value is -1.94. The van der Waals surface area contributed by atoms with Crippen molar-refractivity contribution >= 4 is 27.9 Å². The number of nitrogens with one attached hydrogen (secondary N) is 1. The Morgan fingerprint density at radius 3 is 2.71 bits per heavy atom. The van der Waals surface area contributed by atoms with E-state index in [0.717, 1.165) is 10.0 Å². The average Bonchev–Trinajstić information content (AvgIpc) is 2.45. The molecule has 0 aliphatic heterocycles. The molecule has 0 aromatic heterocycles. The molecule has 0 spiro atoms. The van der Waals surface area contributed by atoms with E-state index in [1.54, 1.807) is 18.2 Å². The molecular weight excluding hydrogens is 333 g/mol. The first-order chi connectivity index (χ1) is 10.1. The van der Waals surface area contributed by atoms with Gasteiger partial charge in [0.1, 0.15) is 5.82 Å². The number of amides is 1. The van der Waals surface area contributed by atoms with Crippen molar-refractivity contribution in [3.63, 3.8) is 0 Å². The molecule has 2 rings (SSSR count). The predicted octanol–water partition coefficient (Wildman–Crippen LogP) is 4.48. The summed E-state index contributed by atoms with van der Waals surface area (Å²) in [6.45, 7) is 1.91. The van der Waals surface area contributed by atoms with Crippen LogP contribution in [0.3, 0.4) is 0 Å². The third kappa shape index (κ3) is 4.53. The van der Waals surface area contributed by atoms with E-state index in [-0.39, 0.29) is 17.8 Å². The molecule has 0 fully saturated rings. The molecule has 1 amide bonds. The molecule has 0 saturated heterocycles. The Balaban J connectivity index is 2.00. The minimum Gasteiger partial charge on any atom is -0.346 e. The largest absolute Gasteiger partial charge is 0.346 e. The van der Waals surface area contributed by atoms with Gasteiger partial charge in [-0.3, -0.25) is 4.79 Å². The first-order valence-corrected chi connectivity index (χ1v) is 7.34. The summed E-state index contributed by atoms with van der Waals surface area (Å²) in [5, 5.41) is 2.87. The van der Waals surface area contributed by atoms with Gasteiger partial charge in [0.2, 0.25) is 5.91 Å². The van der Waals surface area contributed by atoms with Crippen LogP contribution >= 0.6 is 15.9 Å². The zero-order valence-electron chi connectivity index (χ0n) is 11.5. The second-order valence-corrected chi connectivity index (χ2v) is 5.49. The maximum atomic E-state index is 13.0. The van der Waals surface area contributed by atoms with Crippen molar-refractivity contribution in [2.75, 3.05) is 0 Å². The zero-order chi connectivity index (χ0) is 15.2. The van der Waals surface area contributed by atoms with Crippen molar-refractivity contribution in [2.24, 2.45) is 0 Å². The summed E-state index contributed by atoms with van der Waals surface area (Å²) in [6, 6.07) is 13.7. The maximum Gasteiger partial charge on any atom is 0.244 e. The summed E-state index contributed by atoms with van der Waals surface area (Å²) >= 11 is 3.46. The highest BCUT2D eigenvalue weighted by Gasteiger charge is 2.10. The smallest absolute Gasteiger partial charge is 0.244 e. The van der Waals surface area contributed by atoms with E-state index < -0.39 is 0 Å². The Bertz CT molecular complexity index is 669. The Labute approximate surface area is 131 Å². The molecule has 108 valence electrons. The topological polar surface area (TPSA) is 29.1 Å². The zero-order valence-corrected chi connectivity index (χ0v) is 13.1. The second-order valence-electron chi connectivity index (χ2n) is 4.64. The molecule has 2 aromatic rings. The highest BCUT2D eigenvalue weighted by Crippen LogP contribution is 2.22. The van der Waals surface area contributed by atoms with Crippen LogP contribution in [0, 0.1) is 5.82 Å². The van der Waals surface area contributed by atoms with Crippen molar-refractivity contribution in [1.29, 1.82) is 0 Å². The van der Waals surface area contributed by atoms with E-state index in [1.807, 2.05) is 31.2 Å². The molecule has 2 nitrogen and oxygen atoms in total. The molecule has 1 unspecified atom stereocenters. The molecule has 4 heteroatoms. The lowest BCUT2D eigenvalue weighted by Crippen LogP contribution is -2.24. The van der Waals surface area contributed by atoms with E-state index in [0.29, 0.717) is 5.56 Å². The van der Waals surface area contributed by atoms with E-state index in [9.17, 15) is 9.18 Å². The Kier molecular flexibility index (Phi) is 5.28. The summed E-state index contributed by atoms with van der Waals surface area (Å²) in [5.41, 5.74) is 1.66. The first-order valence-electron chi connectivity index (χ1n) is 6.55. The third-order valence-corrected chi connectivity index (χ3v) is 3.73. The van der Waals surface area contributed by atoms with Gasteiger partial charge in [-0.05, 0) is 42.3 Å². The average molecular weight is 348 g/mol. The number of carbonyl (C=O) groups is 1. The molecule has 2 aromatic carbocycles. The van der Waals surface area contributed by atoms with Crippen molar-refractivity contribution in [3.05, 3.63) is 76.0 Å². The van der Waals surface area contributed by atoms with E-state index in [4.69, 9.17) is 0 Å². The van der Waals surface area contributed by atoms with Gasteiger partial charge < -0.3 is 5.32 Å². The first kappa shape index (κ1) is 15.4. The van der Waals surface area contributed by atoms with Crippen LogP contribution in [0.5, 0.6) is 0 Å². The van der Waals surface area contributed by atoms with Crippen LogP contribution in [0.25, 0.3) is 6.08 Å². The van der Waals surface area contributed by atoms with Crippen LogP contribution in [-0.4, -0.2) is 5.91 Å². The lowest BCUT2D eigenvalue weighted by Gasteiger charge is -2.14. The van der Waals surface area contributed by atoms with E-state index >= 15 is 0 Å². The molecule has 0 aliphatic carbocycles. The Morgan fingerprint density at radius 2 is 2.00 bits per heavy atom. The number of hydrogen-bond donors (Lipinski definition) is 1. The molecule has 0 bridgehead atoms. The van der Waals surface area contributed by atoms with Crippen LogP contribution in [0.1, 0.15) is 24.1 Å². The summed E-state index contributed by atoms with van der Waals surface area (Å²) in [6.07, 6.45) is 2.99. The summed E-state index contributed by atoms with van der Waals surface area (Å²) in [7, 11) is 0. The number of benzene rings is 2. The maximum absolute atomic E-state index is 13.0. The fraction of sp³-hybridized carbons (Fsp3) is 0.118. The molecular formula is C17H15BrFNO. The van der Waals surface area contributed by atoms with Gasteiger partial charge in [0.25, 0.3) is 0 Å². The van der Waals surface area contributed by atoms with Gasteiger partial charge in [0.15, 0.2) is 0 Å². The lowest BCUT2D eigenvalue weighted by molar-refractivity contribution is -0.117. The predicted molar refractivity (Wildman–Crippen MR) is 86.1 cm³/mol. The van der Waals surface area contributed by atoms with Crippen LogP contribution in [0.4, 0.5) is 4.39 Å². The van der Waals surface area contributed by atoms with Gasteiger partial charge in [-0.1, -0.05) is 46.3 Å². The lowest BCUT2D eigenvalue weighted by atomic mass is 10.1. The van der Waals surface area contributed by atoms with E-state index in [1.165, 1.54) is 18.2 Å². The van der Waals surface area contributed by atoms with Crippen molar-refractivity contribution in [1.82, 2.24) is 5.32 Å². The monoisotopic (exact) mass is 347 g/mol. The van der Waals surface area contributed by atoms with E-state index in [2.05, 4.69) is 21.2 Å². The summed E-state index contributed by atoms with van der Waals surface area (Å²) < 4.78 is 14.0. The number of hydrogen-bond acceptors (Lipinski definition) is 1. The van der Waals surface area contributed by atoms with Crippen LogP contribution in [-0.2, 0) is 4.79 Å². The molecule has 0 radical (unpaired) electrons. The van der Waals surface area contributed by atoms with Crippen LogP contribution in [0.2, 0.25) is 0 Å². The van der Waals surface area contributed by atoms with Crippen LogP contribution in [0.15, 0.2) is 59.1 Å². The molecule has 1 atom stereocenters. The van der Waals surface area contributed by atoms with Gasteiger partial charge >= 0.3 is 0 Å². The van der Waals surface area contributed by atoms with Gasteiger partial charge in [-0.25, -0.2) is 4.39 Å². The molecule has 21 heavy (non-hydrogen) atoms. The van der Waals surface area contributed by atoms with Crippen LogP contribution < -0.4 is 5.32 Å². The minimum atomic E-state index is -0.320.